The van der Waals surface area contributed by atoms with Crippen LogP contribution in [-0.2, 0) is 14.4 Å². The predicted molar refractivity (Wildman–Crippen MR) is 84.5 cm³/mol. The van der Waals surface area contributed by atoms with Crippen LogP contribution in [0, 0.1) is 12.8 Å². The minimum atomic E-state index is -1.03. The van der Waals surface area contributed by atoms with E-state index >= 15 is 0 Å². The zero-order valence-electron chi connectivity index (χ0n) is 12.6. The summed E-state index contributed by atoms with van der Waals surface area (Å²) in [4.78, 5) is 36.3. The fraction of sp³-hybridized carbons (Fsp3) is 0.438. The number of likely N-dealkylation sites (tertiary alicyclic amines) is 1. The molecule has 1 N–H and O–H groups in total. The second kappa shape index (κ2) is 6.96. The largest absolute Gasteiger partial charge is 0.479 e. The maximum absolute atomic E-state index is 12.2. The molecule has 0 spiro atoms. The molecule has 0 radical (unpaired) electrons. The molecule has 0 bridgehead atoms. The average molecular weight is 321 g/mol. The smallest absolute Gasteiger partial charge is 0.331 e. The van der Waals surface area contributed by atoms with Gasteiger partial charge in [0, 0.05) is 25.6 Å². The van der Waals surface area contributed by atoms with Gasteiger partial charge in [0.2, 0.25) is 5.91 Å². The molecule has 1 saturated heterocycles. The van der Waals surface area contributed by atoms with Gasteiger partial charge in [-0.2, -0.15) is 0 Å². The zero-order chi connectivity index (χ0) is 16.3. The van der Waals surface area contributed by atoms with Crippen LogP contribution in [0.5, 0.6) is 0 Å². The molecule has 5 nitrogen and oxygen atoms in total. The summed E-state index contributed by atoms with van der Waals surface area (Å²) >= 11 is 1.19. The molecule has 0 saturated carbocycles. The molecule has 2 rings (SSSR count). The van der Waals surface area contributed by atoms with Crippen molar-refractivity contribution in [2.45, 2.75) is 26.3 Å². The standard InChI is InChI=1S/C16H19NO4S/c1-10-3-5-13(6-4-10)15(16(20)21)17-8-12(7-14(17)19)9-22-11(2)18/h3-6,12,15H,7-9H2,1-2H3,(H,20,21). The molecule has 1 amide bonds. The van der Waals surface area contributed by atoms with Gasteiger partial charge in [-0.15, -0.1) is 0 Å². The van der Waals surface area contributed by atoms with Crippen LogP contribution in [0.3, 0.4) is 0 Å². The molecular weight excluding hydrogens is 302 g/mol. The third-order valence-corrected chi connectivity index (χ3v) is 4.74. The Hall–Kier alpha value is -1.82. The molecule has 2 atom stereocenters. The Balaban J connectivity index is 2.15. The van der Waals surface area contributed by atoms with Gasteiger partial charge < -0.3 is 10.0 Å². The van der Waals surface area contributed by atoms with Crippen molar-refractivity contribution < 1.29 is 19.5 Å². The number of carboxylic acid groups (broad SMARTS) is 1. The third kappa shape index (κ3) is 3.88. The number of rotatable bonds is 5. The summed E-state index contributed by atoms with van der Waals surface area (Å²) in [6.45, 7) is 3.80. The molecule has 1 aliphatic rings. The first-order valence-electron chi connectivity index (χ1n) is 7.10. The molecule has 22 heavy (non-hydrogen) atoms. The summed E-state index contributed by atoms with van der Waals surface area (Å²) in [5.74, 6) is -0.620. The van der Waals surface area contributed by atoms with Crippen LogP contribution >= 0.6 is 11.8 Å². The molecule has 1 aromatic carbocycles. The lowest BCUT2D eigenvalue weighted by atomic mass is 10.0. The maximum Gasteiger partial charge on any atom is 0.331 e. The molecule has 2 unspecified atom stereocenters. The van der Waals surface area contributed by atoms with Crippen LogP contribution in [0.1, 0.15) is 30.5 Å². The Morgan fingerprint density at radius 1 is 1.36 bits per heavy atom. The highest BCUT2D eigenvalue weighted by atomic mass is 32.2. The zero-order valence-corrected chi connectivity index (χ0v) is 13.4. The topological polar surface area (TPSA) is 74.7 Å². The number of amides is 1. The summed E-state index contributed by atoms with van der Waals surface area (Å²) in [5, 5.41) is 9.54. The van der Waals surface area contributed by atoms with E-state index in [-0.39, 0.29) is 16.9 Å². The minimum absolute atomic E-state index is 0.0132. The third-order valence-electron chi connectivity index (χ3n) is 3.70. The number of nitrogens with zero attached hydrogens (tertiary/aromatic N) is 1. The van der Waals surface area contributed by atoms with Gasteiger partial charge in [-0.25, -0.2) is 4.79 Å². The normalized spacial score (nSPS) is 19.3. The fourth-order valence-corrected chi connectivity index (χ4v) is 3.30. The first kappa shape index (κ1) is 16.5. The van der Waals surface area contributed by atoms with E-state index in [0.717, 1.165) is 5.56 Å². The van der Waals surface area contributed by atoms with Crippen molar-refractivity contribution in [1.82, 2.24) is 4.90 Å². The molecule has 0 aliphatic carbocycles. The van der Waals surface area contributed by atoms with Gasteiger partial charge in [-0.1, -0.05) is 41.6 Å². The highest BCUT2D eigenvalue weighted by Gasteiger charge is 2.38. The molecular formula is C16H19NO4S. The Morgan fingerprint density at radius 2 is 2.00 bits per heavy atom. The number of hydrogen-bond acceptors (Lipinski definition) is 4. The lowest BCUT2D eigenvalue weighted by molar-refractivity contribution is -0.148. The molecule has 118 valence electrons. The van der Waals surface area contributed by atoms with E-state index < -0.39 is 12.0 Å². The van der Waals surface area contributed by atoms with Crippen LogP contribution in [0.4, 0.5) is 0 Å². The van der Waals surface area contributed by atoms with Gasteiger partial charge >= 0.3 is 5.97 Å². The van der Waals surface area contributed by atoms with Gasteiger partial charge in [0.15, 0.2) is 11.2 Å². The van der Waals surface area contributed by atoms with E-state index in [1.807, 2.05) is 19.1 Å². The number of benzene rings is 1. The summed E-state index contributed by atoms with van der Waals surface area (Å²) in [5.41, 5.74) is 1.64. The number of aliphatic carboxylic acids is 1. The van der Waals surface area contributed by atoms with Crippen molar-refractivity contribution >= 4 is 28.8 Å². The lowest BCUT2D eigenvalue weighted by Crippen LogP contribution is -2.35. The monoisotopic (exact) mass is 321 g/mol. The first-order valence-corrected chi connectivity index (χ1v) is 8.09. The van der Waals surface area contributed by atoms with Gasteiger partial charge in [0.05, 0.1) is 0 Å². The fourth-order valence-electron chi connectivity index (χ4n) is 2.61. The Kier molecular flexibility index (Phi) is 5.24. The number of aryl methyl sites for hydroxylation is 1. The quantitative estimate of drug-likeness (QED) is 0.900. The second-order valence-electron chi connectivity index (χ2n) is 5.57. The lowest BCUT2D eigenvalue weighted by Gasteiger charge is -2.25. The van der Waals surface area contributed by atoms with Crippen LogP contribution < -0.4 is 0 Å². The highest BCUT2D eigenvalue weighted by Crippen LogP contribution is 2.31. The molecule has 1 aliphatic heterocycles. The Bertz CT molecular complexity index is 584. The number of carbonyl (C=O) groups is 3. The summed E-state index contributed by atoms with van der Waals surface area (Å²) in [6.07, 6.45) is 0.302. The Labute approximate surface area is 133 Å². The average Bonchev–Trinajstić information content (AvgIpc) is 2.80. The van der Waals surface area contributed by atoms with Crippen molar-refractivity contribution in [3.63, 3.8) is 0 Å². The van der Waals surface area contributed by atoms with Gasteiger partial charge in [-0.05, 0) is 18.4 Å². The minimum Gasteiger partial charge on any atom is -0.479 e. The van der Waals surface area contributed by atoms with Crippen LogP contribution in [0.15, 0.2) is 24.3 Å². The summed E-state index contributed by atoms with van der Waals surface area (Å²) < 4.78 is 0. The SMILES string of the molecule is CC(=O)SCC1CC(=O)N(C(C(=O)O)c2ccc(C)cc2)C1. The van der Waals surface area contributed by atoms with Crippen molar-refractivity contribution in [3.8, 4) is 0 Å². The van der Waals surface area contributed by atoms with Gasteiger partial charge in [0.1, 0.15) is 0 Å². The van der Waals surface area contributed by atoms with E-state index in [1.165, 1.54) is 23.6 Å². The number of hydrogen-bond donors (Lipinski definition) is 1. The molecule has 1 fully saturated rings. The molecule has 0 aromatic heterocycles. The second-order valence-corrected chi connectivity index (χ2v) is 6.77. The number of carboxylic acids is 1. The van der Waals surface area contributed by atoms with E-state index in [2.05, 4.69) is 0 Å². The van der Waals surface area contributed by atoms with Crippen molar-refractivity contribution in [3.05, 3.63) is 35.4 Å². The van der Waals surface area contributed by atoms with Crippen LogP contribution in [0.25, 0.3) is 0 Å². The van der Waals surface area contributed by atoms with E-state index in [0.29, 0.717) is 24.3 Å². The van der Waals surface area contributed by atoms with Crippen molar-refractivity contribution in [1.29, 1.82) is 0 Å². The van der Waals surface area contributed by atoms with Gasteiger partial charge in [-0.3, -0.25) is 9.59 Å². The van der Waals surface area contributed by atoms with Crippen molar-refractivity contribution in [2.75, 3.05) is 12.3 Å². The number of thioether (sulfide) groups is 1. The van der Waals surface area contributed by atoms with Gasteiger partial charge in [0.25, 0.3) is 0 Å². The van der Waals surface area contributed by atoms with E-state index in [1.54, 1.807) is 12.1 Å². The van der Waals surface area contributed by atoms with Crippen molar-refractivity contribution in [2.24, 2.45) is 5.92 Å². The molecule has 6 heteroatoms. The first-order chi connectivity index (χ1) is 10.4. The van der Waals surface area contributed by atoms with E-state index in [4.69, 9.17) is 0 Å². The molecule has 1 heterocycles. The maximum atomic E-state index is 12.2. The van der Waals surface area contributed by atoms with Crippen LogP contribution in [0.2, 0.25) is 0 Å². The molecule has 1 aromatic rings. The highest BCUT2D eigenvalue weighted by molar-refractivity contribution is 8.13. The van der Waals surface area contributed by atoms with E-state index in [9.17, 15) is 19.5 Å². The predicted octanol–water partition coefficient (Wildman–Crippen LogP) is 2.25. The summed E-state index contributed by atoms with van der Waals surface area (Å²) in [6, 6.07) is 6.22. The van der Waals surface area contributed by atoms with Crippen LogP contribution in [-0.4, -0.2) is 39.3 Å². The number of carbonyl (C=O) groups excluding carboxylic acids is 2. The summed E-state index contributed by atoms with van der Waals surface area (Å²) in [7, 11) is 0. The Morgan fingerprint density at radius 3 is 2.55 bits per heavy atom.